The molecule has 4 aromatic rings. The number of nitrogens with two attached hydrogens (primary N) is 2. The molecule has 3 aromatic carbocycles. The van der Waals surface area contributed by atoms with E-state index in [0.717, 1.165) is 23.4 Å². The van der Waals surface area contributed by atoms with E-state index in [2.05, 4.69) is 19.2 Å². The van der Waals surface area contributed by atoms with Crippen LogP contribution in [-0.4, -0.2) is 51.7 Å². The summed E-state index contributed by atoms with van der Waals surface area (Å²) in [4.78, 5) is 31.3. The number of fused-ring (bicyclic) bond motifs is 1. The van der Waals surface area contributed by atoms with Crippen molar-refractivity contribution in [3.63, 3.8) is 0 Å². The number of amides is 2. The van der Waals surface area contributed by atoms with Crippen molar-refractivity contribution in [1.29, 1.82) is 0 Å². The Kier molecular flexibility index (Phi) is 9.54. The summed E-state index contributed by atoms with van der Waals surface area (Å²) in [6.07, 6.45) is -1.31. The molecule has 0 aliphatic rings. The van der Waals surface area contributed by atoms with Gasteiger partial charge in [-0.05, 0) is 80.4 Å². The molecule has 0 fully saturated rings. The van der Waals surface area contributed by atoms with Gasteiger partial charge in [0.05, 0.1) is 29.6 Å². The number of imidazole rings is 1. The first-order chi connectivity index (χ1) is 20.0. The number of anilines is 1. The maximum absolute atomic E-state index is 14.1. The Balaban J connectivity index is 1.80. The Bertz CT molecular complexity index is 1570. The number of hydrogen-bond acceptors (Lipinski definition) is 6. The summed E-state index contributed by atoms with van der Waals surface area (Å²) in [5.41, 5.74) is 15.3. The lowest BCUT2D eigenvalue weighted by Crippen LogP contribution is -2.48. The minimum atomic E-state index is -1.20. The van der Waals surface area contributed by atoms with Gasteiger partial charge in [-0.3, -0.25) is 9.59 Å². The molecule has 2 radical (unpaired) electrons. The van der Waals surface area contributed by atoms with Gasteiger partial charge in [0.25, 0.3) is 0 Å². The lowest BCUT2D eigenvalue weighted by molar-refractivity contribution is -0.125. The van der Waals surface area contributed by atoms with E-state index >= 15 is 0 Å². The molecule has 0 bridgehead atoms. The van der Waals surface area contributed by atoms with Crippen LogP contribution in [0.1, 0.15) is 30.5 Å². The van der Waals surface area contributed by atoms with Gasteiger partial charge in [-0.15, -0.1) is 0 Å². The van der Waals surface area contributed by atoms with E-state index in [0.29, 0.717) is 41.1 Å². The SMILES string of the molecule is [CH2]CN(C[CH2])c1ccc(-c2nc3cc(C(CC(N)=O)NC(=O)[C@@H](N)[C@H](C)O)ccc3n2Cc2ccc(F)c(F)c2)cc1. The van der Waals surface area contributed by atoms with E-state index in [1.807, 2.05) is 33.7 Å². The zero-order chi connectivity index (χ0) is 30.6. The van der Waals surface area contributed by atoms with Crippen LogP contribution < -0.4 is 21.7 Å². The maximum Gasteiger partial charge on any atom is 0.240 e. The normalized spacial score (nSPS) is 13.5. The third-order valence-electron chi connectivity index (χ3n) is 7.07. The van der Waals surface area contributed by atoms with Crippen molar-refractivity contribution in [3.05, 3.63) is 97.3 Å². The van der Waals surface area contributed by atoms with Crippen molar-refractivity contribution < 1.29 is 23.5 Å². The quantitative estimate of drug-likeness (QED) is 0.204. The average molecular weight is 577 g/mol. The van der Waals surface area contributed by atoms with Crippen molar-refractivity contribution in [2.75, 3.05) is 18.0 Å². The first kappa shape index (κ1) is 30.6. The van der Waals surface area contributed by atoms with Crippen LogP contribution in [0.4, 0.5) is 14.5 Å². The number of carbonyl (C=O) groups is 2. The largest absolute Gasteiger partial charge is 0.391 e. The fraction of sp³-hybridized carbons (Fsp3) is 0.258. The maximum atomic E-state index is 14.1. The van der Waals surface area contributed by atoms with Gasteiger partial charge in [0.1, 0.15) is 11.9 Å². The highest BCUT2D eigenvalue weighted by Crippen LogP contribution is 2.30. The van der Waals surface area contributed by atoms with Crippen LogP contribution in [0.3, 0.4) is 0 Å². The molecule has 1 unspecified atom stereocenters. The van der Waals surface area contributed by atoms with E-state index in [4.69, 9.17) is 16.5 Å². The lowest BCUT2D eigenvalue weighted by atomic mass is 10.0. The van der Waals surface area contributed by atoms with Crippen LogP contribution in [-0.2, 0) is 16.1 Å². The lowest BCUT2D eigenvalue weighted by Gasteiger charge is -2.21. The van der Waals surface area contributed by atoms with Crippen molar-refractivity contribution in [1.82, 2.24) is 14.9 Å². The highest BCUT2D eigenvalue weighted by molar-refractivity contribution is 5.85. The Morgan fingerprint density at radius 3 is 2.33 bits per heavy atom. The molecule has 0 aliphatic heterocycles. The van der Waals surface area contributed by atoms with E-state index in [-0.39, 0.29) is 13.0 Å². The summed E-state index contributed by atoms with van der Waals surface area (Å²) in [7, 11) is 0. The highest BCUT2D eigenvalue weighted by atomic mass is 19.2. The molecular formula is C31H34F2N6O3. The third kappa shape index (κ3) is 6.75. The number of carbonyl (C=O) groups excluding carboxylic acids is 2. The summed E-state index contributed by atoms with van der Waals surface area (Å²) in [5, 5.41) is 12.4. The third-order valence-corrected chi connectivity index (χ3v) is 7.07. The van der Waals surface area contributed by atoms with Crippen LogP contribution in [0.5, 0.6) is 0 Å². The molecule has 0 spiro atoms. The van der Waals surface area contributed by atoms with E-state index < -0.39 is 41.6 Å². The van der Waals surface area contributed by atoms with Crippen LogP contribution in [0, 0.1) is 25.5 Å². The molecule has 1 aromatic heterocycles. The molecule has 1 heterocycles. The second-order valence-electron chi connectivity index (χ2n) is 10.1. The Labute approximate surface area is 243 Å². The molecule has 0 saturated heterocycles. The molecule has 9 nitrogen and oxygen atoms in total. The van der Waals surface area contributed by atoms with Gasteiger partial charge in [-0.2, -0.15) is 0 Å². The monoisotopic (exact) mass is 576 g/mol. The number of rotatable bonds is 12. The number of benzene rings is 3. The summed E-state index contributed by atoms with van der Waals surface area (Å²) in [6.45, 7) is 10.5. The number of aliphatic hydroxyl groups excluding tert-OH is 1. The number of nitrogens with one attached hydrogen (secondary N) is 1. The molecule has 4 rings (SSSR count). The second-order valence-corrected chi connectivity index (χ2v) is 10.1. The Hall–Kier alpha value is -4.35. The molecule has 0 saturated carbocycles. The molecule has 0 aliphatic carbocycles. The minimum absolute atomic E-state index is 0.193. The van der Waals surface area contributed by atoms with Crippen molar-refractivity contribution in [3.8, 4) is 11.4 Å². The van der Waals surface area contributed by atoms with Gasteiger partial charge in [-0.1, -0.05) is 12.1 Å². The molecule has 3 atom stereocenters. The molecule has 2 amide bonds. The van der Waals surface area contributed by atoms with E-state index in [9.17, 15) is 23.5 Å². The van der Waals surface area contributed by atoms with E-state index in [1.165, 1.54) is 13.0 Å². The number of halogens is 2. The molecular weight excluding hydrogens is 542 g/mol. The summed E-state index contributed by atoms with van der Waals surface area (Å²) in [5.74, 6) is -2.60. The van der Waals surface area contributed by atoms with Gasteiger partial charge in [0, 0.05) is 30.9 Å². The van der Waals surface area contributed by atoms with E-state index in [1.54, 1.807) is 18.2 Å². The van der Waals surface area contributed by atoms with Crippen LogP contribution in [0.2, 0.25) is 0 Å². The molecule has 220 valence electrons. The first-order valence-electron chi connectivity index (χ1n) is 13.4. The summed E-state index contributed by atoms with van der Waals surface area (Å²) in [6, 6.07) is 14.6. The number of aliphatic hydroxyl groups is 1. The van der Waals surface area contributed by atoms with Crippen molar-refractivity contribution >= 4 is 28.5 Å². The van der Waals surface area contributed by atoms with Crippen LogP contribution >= 0.6 is 0 Å². The average Bonchev–Trinajstić information content (AvgIpc) is 3.32. The number of nitrogens with zero attached hydrogens (tertiary/aromatic N) is 3. The Morgan fingerprint density at radius 2 is 1.74 bits per heavy atom. The summed E-state index contributed by atoms with van der Waals surface area (Å²) >= 11 is 0. The summed E-state index contributed by atoms with van der Waals surface area (Å²) < 4.78 is 29.6. The fourth-order valence-corrected chi connectivity index (χ4v) is 4.70. The second kappa shape index (κ2) is 13.1. The predicted molar refractivity (Wildman–Crippen MR) is 158 cm³/mol. The van der Waals surface area contributed by atoms with Crippen LogP contribution in [0.15, 0.2) is 60.7 Å². The van der Waals surface area contributed by atoms with Gasteiger partial charge < -0.3 is 31.4 Å². The molecule has 42 heavy (non-hydrogen) atoms. The highest BCUT2D eigenvalue weighted by Gasteiger charge is 2.25. The smallest absolute Gasteiger partial charge is 0.240 e. The zero-order valence-corrected chi connectivity index (χ0v) is 23.3. The zero-order valence-electron chi connectivity index (χ0n) is 23.3. The van der Waals surface area contributed by atoms with Gasteiger partial charge in [0.15, 0.2) is 11.6 Å². The predicted octanol–water partition coefficient (Wildman–Crippen LogP) is 3.25. The van der Waals surface area contributed by atoms with Crippen molar-refractivity contribution in [2.24, 2.45) is 11.5 Å². The number of hydrogen-bond donors (Lipinski definition) is 4. The fourth-order valence-electron chi connectivity index (χ4n) is 4.70. The number of aromatic nitrogens is 2. The molecule has 6 N–H and O–H groups in total. The van der Waals surface area contributed by atoms with Crippen LogP contribution in [0.25, 0.3) is 22.4 Å². The van der Waals surface area contributed by atoms with Gasteiger partial charge >= 0.3 is 0 Å². The van der Waals surface area contributed by atoms with Gasteiger partial charge in [-0.25, -0.2) is 13.8 Å². The number of primary amides is 1. The molecule has 11 heteroatoms. The van der Waals surface area contributed by atoms with Crippen molar-refractivity contribution in [2.45, 2.75) is 38.1 Å². The van der Waals surface area contributed by atoms with Gasteiger partial charge in [0.2, 0.25) is 11.8 Å². The minimum Gasteiger partial charge on any atom is -0.391 e. The standard InChI is InChI=1S/C31H34F2N6O3/c1-4-38(5-2)22-10-7-20(8-11-22)30-36-26-15-21(25(16-28(34)41)37-31(42)29(35)18(3)40)9-13-27(26)39(30)17-19-6-12-23(32)24(33)14-19/h6-15,18,25,29,40H,1-2,4-5,16-17,35H2,3H3,(H2,34,41)(H,37,42)/t18-,25?,29-/m0/s1. The Morgan fingerprint density at radius 1 is 1.05 bits per heavy atom. The first-order valence-corrected chi connectivity index (χ1v) is 13.4. The topological polar surface area (TPSA) is 140 Å².